The van der Waals surface area contributed by atoms with Gasteiger partial charge in [0.05, 0.1) is 0 Å². The highest BCUT2D eigenvalue weighted by atomic mass is 16.5. The molecule has 0 aliphatic heterocycles. The minimum atomic E-state index is -0.357. The predicted octanol–water partition coefficient (Wildman–Crippen LogP) is 2.34. The van der Waals surface area contributed by atoms with Gasteiger partial charge < -0.3 is 10.5 Å². The molecule has 0 bridgehead atoms. The van der Waals surface area contributed by atoms with E-state index in [1.807, 2.05) is 19.9 Å². The largest absolute Gasteiger partial charge is 0.367 e. The smallest absolute Gasteiger partial charge is 0.160 e. The first-order valence-electron chi connectivity index (χ1n) is 6.80. The zero-order chi connectivity index (χ0) is 13.6. The van der Waals surface area contributed by atoms with Crippen molar-refractivity contribution in [2.45, 2.75) is 52.6 Å². The summed E-state index contributed by atoms with van der Waals surface area (Å²) in [6, 6.07) is 2.00. The number of nitrogens with zero attached hydrogens (tertiary/aromatic N) is 2. The molecular weight excluding hydrogens is 226 g/mol. The molecule has 0 unspecified atom stereocenters. The quantitative estimate of drug-likeness (QED) is 0.808. The van der Waals surface area contributed by atoms with Crippen LogP contribution in [0.1, 0.15) is 50.8 Å². The Morgan fingerprint density at radius 1 is 1.22 bits per heavy atom. The van der Waals surface area contributed by atoms with E-state index in [4.69, 9.17) is 10.5 Å². The summed E-state index contributed by atoms with van der Waals surface area (Å²) in [7, 11) is 0. The Bertz CT molecular complexity index is 375. The number of hydrogen-bond donors (Lipinski definition) is 1. The lowest BCUT2D eigenvalue weighted by Gasteiger charge is -2.30. The third-order valence-electron chi connectivity index (χ3n) is 3.28. The van der Waals surface area contributed by atoms with Crippen molar-refractivity contribution in [1.82, 2.24) is 9.97 Å². The molecule has 0 radical (unpaired) electrons. The molecule has 1 rings (SSSR count). The zero-order valence-corrected chi connectivity index (χ0v) is 12.0. The monoisotopic (exact) mass is 251 g/mol. The van der Waals surface area contributed by atoms with Crippen LogP contribution in [0.2, 0.25) is 0 Å². The molecule has 1 aromatic rings. The fourth-order valence-electron chi connectivity index (χ4n) is 2.22. The summed E-state index contributed by atoms with van der Waals surface area (Å²) in [5.41, 5.74) is 7.23. The Labute approximate surface area is 110 Å². The van der Waals surface area contributed by atoms with Gasteiger partial charge in [0.15, 0.2) is 5.82 Å². The third kappa shape index (κ3) is 3.27. The van der Waals surface area contributed by atoms with E-state index in [0.717, 1.165) is 36.5 Å². The van der Waals surface area contributed by atoms with Gasteiger partial charge in [-0.15, -0.1) is 0 Å². The molecule has 0 saturated heterocycles. The lowest BCUT2D eigenvalue weighted by Crippen LogP contribution is -2.31. The van der Waals surface area contributed by atoms with Gasteiger partial charge in [-0.05, 0) is 39.3 Å². The molecule has 1 aromatic heterocycles. The number of nitrogens with two attached hydrogens (primary N) is 1. The van der Waals surface area contributed by atoms with Gasteiger partial charge in [0.1, 0.15) is 5.60 Å². The number of aryl methyl sites for hydroxylation is 1. The van der Waals surface area contributed by atoms with Crippen molar-refractivity contribution >= 4 is 0 Å². The van der Waals surface area contributed by atoms with Crippen LogP contribution in [-0.4, -0.2) is 23.1 Å². The molecule has 0 fully saturated rings. The van der Waals surface area contributed by atoms with Crippen LogP contribution in [0, 0.1) is 6.92 Å². The van der Waals surface area contributed by atoms with Gasteiger partial charge in [-0.2, -0.15) is 0 Å². The minimum Gasteiger partial charge on any atom is -0.367 e. The maximum absolute atomic E-state index is 5.95. The molecule has 0 spiro atoms. The van der Waals surface area contributed by atoms with Crippen molar-refractivity contribution in [3.05, 3.63) is 23.3 Å². The van der Waals surface area contributed by atoms with Crippen molar-refractivity contribution < 1.29 is 4.74 Å². The molecule has 0 saturated carbocycles. The first kappa shape index (κ1) is 15.1. The fourth-order valence-corrected chi connectivity index (χ4v) is 2.22. The van der Waals surface area contributed by atoms with Crippen LogP contribution >= 0.6 is 0 Å². The average molecular weight is 251 g/mol. The van der Waals surface area contributed by atoms with Crippen molar-refractivity contribution in [2.24, 2.45) is 5.73 Å². The highest BCUT2D eigenvalue weighted by Gasteiger charge is 2.32. The highest BCUT2D eigenvalue weighted by molar-refractivity contribution is 5.14. The Morgan fingerprint density at radius 2 is 1.89 bits per heavy atom. The number of ether oxygens (including phenoxy) is 1. The van der Waals surface area contributed by atoms with Crippen LogP contribution in [0.3, 0.4) is 0 Å². The van der Waals surface area contributed by atoms with E-state index in [0.29, 0.717) is 13.2 Å². The first-order chi connectivity index (χ1) is 8.61. The van der Waals surface area contributed by atoms with E-state index in [9.17, 15) is 0 Å². The Balaban J connectivity index is 3.18. The summed E-state index contributed by atoms with van der Waals surface area (Å²) in [4.78, 5) is 9.21. The second-order valence-electron chi connectivity index (χ2n) is 4.50. The van der Waals surface area contributed by atoms with E-state index in [2.05, 4.69) is 23.8 Å². The van der Waals surface area contributed by atoms with Crippen LogP contribution in [0.25, 0.3) is 0 Å². The van der Waals surface area contributed by atoms with E-state index < -0.39 is 0 Å². The Hall–Kier alpha value is -1.00. The second-order valence-corrected chi connectivity index (χ2v) is 4.50. The van der Waals surface area contributed by atoms with Gasteiger partial charge in [-0.25, -0.2) is 9.97 Å². The van der Waals surface area contributed by atoms with Gasteiger partial charge in [-0.1, -0.05) is 13.8 Å². The molecule has 0 atom stereocenters. The Morgan fingerprint density at radius 3 is 2.39 bits per heavy atom. The lowest BCUT2D eigenvalue weighted by atomic mass is 9.95. The summed E-state index contributed by atoms with van der Waals surface area (Å²) in [6.07, 6.45) is 2.54. The van der Waals surface area contributed by atoms with Gasteiger partial charge >= 0.3 is 0 Å². The van der Waals surface area contributed by atoms with Gasteiger partial charge in [0, 0.05) is 24.4 Å². The number of rotatable bonds is 7. The van der Waals surface area contributed by atoms with Crippen molar-refractivity contribution in [3.63, 3.8) is 0 Å². The second kappa shape index (κ2) is 6.81. The fraction of sp³-hybridized carbons (Fsp3) is 0.714. The molecule has 18 heavy (non-hydrogen) atoms. The molecule has 0 aromatic carbocycles. The molecule has 4 heteroatoms. The summed E-state index contributed by atoms with van der Waals surface area (Å²) < 4.78 is 5.95. The van der Waals surface area contributed by atoms with E-state index in [1.165, 1.54) is 0 Å². The van der Waals surface area contributed by atoms with E-state index in [1.54, 1.807) is 0 Å². The summed E-state index contributed by atoms with van der Waals surface area (Å²) >= 11 is 0. The third-order valence-corrected chi connectivity index (χ3v) is 3.28. The maximum Gasteiger partial charge on any atom is 0.160 e. The molecule has 2 N–H and O–H groups in total. The normalized spacial score (nSPS) is 11.8. The van der Waals surface area contributed by atoms with E-state index >= 15 is 0 Å². The summed E-state index contributed by atoms with van der Waals surface area (Å²) in [6.45, 7) is 9.52. The van der Waals surface area contributed by atoms with Crippen LogP contribution < -0.4 is 5.73 Å². The molecular formula is C14H25N3O. The Kier molecular flexibility index (Phi) is 5.69. The predicted molar refractivity (Wildman–Crippen MR) is 73.4 cm³/mol. The van der Waals surface area contributed by atoms with Crippen molar-refractivity contribution in [3.8, 4) is 0 Å². The van der Waals surface area contributed by atoms with Crippen LogP contribution in [0.4, 0.5) is 0 Å². The molecule has 0 aliphatic carbocycles. The standard InChI is InChI=1S/C14H25N3O/c1-5-14(6-2,18-7-3)13-16-11(4)10-12(17-13)8-9-15/h10H,5-9,15H2,1-4H3. The van der Waals surface area contributed by atoms with Crippen LogP contribution in [-0.2, 0) is 16.8 Å². The lowest BCUT2D eigenvalue weighted by molar-refractivity contribution is -0.0574. The SMILES string of the molecule is CCOC(CC)(CC)c1nc(C)cc(CCN)n1. The summed E-state index contributed by atoms with van der Waals surface area (Å²) in [5.74, 6) is 0.804. The van der Waals surface area contributed by atoms with Gasteiger partial charge in [0.25, 0.3) is 0 Å². The topological polar surface area (TPSA) is 61.0 Å². The number of hydrogen-bond acceptors (Lipinski definition) is 4. The van der Waals surface area contributed by atoms with Gasteiger partial charge in [-0.3, -0.25) is 0 Å². The van der Waals surface area contributed by atoms with Crippen LogP contribution in [0.5, 0.6) is 0 Å². The molecule has 4 nitrogen and oxygen atoms in total. The zero-order valence-electron chi connectivity index (χ0n) is 12.0. The maximum atomic E-state index is 5.95. The molecule has 1 heterocycles. The number of aromatic nitrogens is 2. The molecule has 102 valence electrons. The average Bonchev–Trinajstić information content (AvgIpc) is 2.36. The summed E-state index contributed by atoms with van der Waals surface area (Å²) in [5, 5.41) is 0. The van der Waals surface area contributed by atoms with Crippen molar-refractivity contribution in [1.29, 1.82) is 0 Å². The van der Waals surface area contributed by atoms with Crippen LogP contribution in [0.15, 0.2) is 6.07 Å². The molecule has 0 aliphatic rings. The van der Waals surface area contributed by atoms with Crippen molar-refractivity contribution in [2.75, 3.05) is 13.2 Å². The first-order valence-corrected chi connectivity index (χ1v) is 6.80. The minimum absolute atomic E-state index is 0.357. The van der Waals surface area contributed by atoms with E-state index in [-0.39, 0.29) is 5.60 Å². The van der Waals surface area contributed by atoms with Gasteiger partial charge in [0.2, 0.25) is 0 Å². The highest BCUT2D eigenvalue weighted by Crippen LogP contribution is 2.30. The molecule has 0 amide bonds.